The Labute approximate surface area is 175 Å². The molecular weight excluding hydrogens is 392 g/mol. The van der Waals surface area contributed by atoms with Crippen LogP contribution in [0.25, 0.3) is 0 Å². The largest absolute Gasteiger partial charge is 0.467 e. The first-order valence-corrected chi connectivity index (χ1v) is 9.56. The van der Waals surface area contributed by atoms with E-state index in [2.05, 4.69) is 10.1 Å². The fourth-order valence-corrected chi connectivity index (χ4v) is 3.05. The molecule has 9 nitrogen and oxygen atoms in total. The Kier molecular flexibility index (Phi) is 8.86. The maximum Gasteiger partial charge on any atom is 0.410 e. The number of hydrogen-bond donors (Lipinski definition) is 1. The van der Waals surface area contributed by atoms with Crippen LogP contribution >= 0.6 is 0 Å². The van der Waals surface area contributed by atoms with E-state index in [9.17, 15) is 19.2 Å². The molecule has 1 N–H and O–H groups in total. The van der Waals surface area contributed by atoms with Crippen LogP contribution in [0.2, 0.25) is 0 Å². The molecule has 1 aromatic carbocycles. The smallest absolute Gasteiger partial charge is 0.410 e. The summed E-state index contributed by atoms with van der Waals surface area (Å²) in [5, 5.41) is 2.59. The molecule has 0 saturated carbocycles. The van der Waals surface area contributed by atoms with Crippen molar-refractivity contribution < 1.29 is 33.4 Å². The lowest BCUT2D eigenvalue weighted by Gasteiger charge is -2.25. The molecule has 30 heavy (non-hydrogen) atoms. The zero-order valence-corrected chi connectivity index (χ0v) is 17.0. The van der Waals surface area contributed by atoms with E-state index in [1.165, 1.54) is 25.2 Å². The third-order valence-corrected chi connectivity index (χ3v) is 4.62. The summed E-state index contributed by atoms with van der Waals surface area (Å²) < 4.78 is 14.5. The fourth-order valence-electron chi connectivity index (χ4n) is 3.05. The highest BCUT2D eigenvalue weighted by Crippen LogP contribution is 2.19. The lowest BCUT2D eigenvalue weighted by molar-refractivity contribution is -0.145. The molecule has 2 rings (SSSR count). The van der Waals surface area contributed by atoms with Gasteiger partial charge in [0.15, 0.2) is 0 Å². The summed E-state index contributed by atoms with van der Waals surface area (Å²) in [5.41, 5.74) is 0.842. The molecule has 1 aliphatic heterocycles. The van der Waals surface area contributed by atoms with E-state index in [-0.39, 0.29) is 13.0 Å². The third-order valence-electron chi connectivity index (χ3n) is 4.62. The first-order valence-electron chi connectivity index (χ1n) is 9.56. The van der Waals surface area contributed by atoms with Crippen LogP contribution < -0.4 is 5.32 Å². The second kappa shape index (κ2) is 11.6. The van der Waals surface area contributed by atoms with Gasteiger partial charge in [-0.05, 0) is 24.8 Å². The number of likely N-dealkylation sites (tertiary alicyclic amines) is 1. The van der Waals surface area contributed by atoms with E-state index >= 15 is 0 Å². The number of hydrogen-bond acceptors (Lipinski definition) is 7. The molecule has 1 aliphatic rings. The Bertz CT molecular complexity index is 779. The summed E-state index contributed by atoms with van der Waals surface area (Å²) in [5.74, 6) is -1.71. The minimum Gasteiger partial charge on any atom is -0.467 e. The van der Waals surface area contributed by atoms with Crippen molar-refractivity contribution in [1.29, 1.82) is 0 Å². The number of esters is 2. The maximum atomic E-state index is 12.7. The molecular formula is C21H26N2O7. The number of rotatable bonds is 8. The summed E-state index contributed by atoms with van der Waals surface area (Å²) in [6.45, 7) is 0.491. The Hall–Kier alpha value is -3.36. The molecule has 0 bridgehead atoms. The van der Waals surface area contributed by atoms with Crippen molar-refractivity contribution >= 4 is 23.9 Å². The van der Waals surface area contributed by atoms with Gasteiger partial charge in [-0.25, -0.2) is 14.4 Å². The van der Waals surface area contributed by atoms with Crippen molar-refractivity contribution in [2.75, 3.05) is 20.8 Å². The Morgan fingerprint density at radius 2 is 1.90 bits per heavy atom. The molecule has 1 heterocycles. The summed E-state index contributed by atoms with van der Waals surface area (Å²) >= 11 is 0. The number of benzene rings is 1. The van der Waals surface area contributed by atoms with E-state index < -0.39 is 36.0 Å². The average Bonchev–Trinajstić information content (AvgIpc) is 3.27. The zero-order chi connectivity index (χ0) is 21.9. The van der Waals surface area contributed by atoms with Gasteiger partial charge in [0.1, 0.15) is 18.7 Å². The van der Waals surface area contributed by atoms with Crippen LogP contribution in [0.1, 0.15) is 24.8 Å². The second-order valence-corrected chi connectivity index (χ2v) is 6.64. The van der Waals surface area contributed by atoms with Gasteiger partial charge in [0.25, 0.3) is 0 Å². The predicted molar refractivity (Wildman–Crippen MR) is 106 cm³/mol. The Balaban J connectivity index is 1.96. The monoisotopic (exact) mass is 418 g/mol. The van der Waals surface area contributed by atoms with Gasteiger partial charge in [0.2, 0.25) is 5.91 Å². The highest BCUT2D eigenvalue weighted by atomic mass is 16.6. The number of ether oxygens (including phenoxy) is 3. The molecule has 2 amide bonds. The van der Waals surface area contributed by atoms with Crippen LogP contribution in [0, 0.1) is 0 Å². The topological polar surface area (TPSA) is 111 Å². The average molecular weight is 418 g/mol. The van der Waals surface area contributed by atoms with Gasteiger partial charge in [0.05, 0.1) is 14.2 Å². The lowest BCUT2D eigenvalue weighted by atomic mass is 10.1. The summed E-state index contributed by atoms with van der Waals surface area (Å²) in [7, 11) is 2.44. The summed E-state index contributed by atoms with van der Waals surface area (Å²) in [4.78, 5) is 49.7. The number of nitrogens with zero attached hydrogens (tertiary/aromatic N) is 1. The molecule has 0 aromatic heterocycles. The Morgan fingerprint density at radius 1 is 1.17 bits per heavy atom. The molecule has 0 spiro atoms. The van der Waals surface area contributed by atoms with Crippen molar-refractivity contribution in [2.45, 2.75) is 38.0 Å². The van der Waals surface area contributed by atoms with Crippen LogP contribution in [0.3, 0.4) is 0 Å². The normalized spacial score (nSPS) is 16.7. The van der Waals surface area contributed by atoms with E-state index in [4.69, 9.17) is 9.47 Å². The number of nitrogens with one attached hydrogen (secondary N) is 1. The highest BCUT2D eigenvalue weighted by Gasteiger charge is 2.36. The fraction of sp³-hybridized carbons (Fsp3) is 0.429. The first-order chi connectivity index (χ1) is 14.5. The lowest BCUT2D eigenvalue weighted by Crippen LogP contribution is -2.51. The van der Waals surface area contributed by atoms with Crippen LogP contribution in [0.15, 0.2) is 42.5 Å². The quantitative estimate of drug-likeness (QED) is 0.387. The number of amides is 2. The molecule has 0 radical (unpaired) electrons. The molecule has 1 aromatic rings. The molecule has 1 fully saturated rings. The standard InChI is InChI=1S/C21H26N2O7/c1-28-18(24)12-6-10-16(20(26)29-2)22-19(25)17-11-7-13-23(17)21(27)30-14-15-8-4-3-5-9-15/h3-6,8-9,12,16-17H,7,10-11,13-14H2,1-2H3,(H,22,25)/b12-6+/t16-,17+/m0/s1. The van der Waals surface area contributed by atoms with Crippen molar-refractivity contribution in [3.05, 3.63) is 48.0 Å². The van der Waals surface area contributed by atoms with Gasteiger partial charge in [-0.1, -0.05) is 36.4 Å². The van der Waals surface area contributed by atoms with E-state index in [1.807, 2.05) is 30.3 Å². The molecule has 0 unspecified atom stereocenters. The van der Waals surface area contributed by atoms with E-state index in [0.29, 0.717) is 19.4 Å². The number of carbonyl (C=O) groups is 4. The van der Waals surface area contributed by atoms with Crippen molar-refractivity contribution in [1.82, 2.24) is 10.2 Å². The van der Waals surface area contributed by atoms with Crippen molar-refractivity contribution in [3.63, 3.8) is 0 Å². The molecule has 0 aliphatic carbocycles. The number of carbonyl (C=O) groups excluding carboxylic acids is 4. The van der Waals surface area contributed by atoms with Gasteiger partial charge in [-0.2, -0.15) is 0 Å². The molecule has 1 saturated heterocycles. The van der Waals surface area contributed by atoms with Gasteiger partial charge in [0, 0.05) is 12.6 Å². The second-order valence-electron chi connectivity index (χ2n) is 6.64. The third kappa shape index (κ3) is 6.61. The molecule has 2 atom stereocenters. The first kappa shape index (κ1) is 22.9. The maximum absolute atomic E-state index is 12.7. The van der Waals surface area contributed by atoms with E-state index in [1.54, 1.807) is 0 Å². The summed E-state index contributed by atoms with van der Waals surface area (Å²) in [6.07, 6.45) is 3.12. The van der Waals surface area contributed by atoms with Gasteiger partial charge in [-0.15, -0.1) is 0 Å². The number of methoxy groups -OCH3 is 2. The van der Waals surface area contributed by atoms with Gasteiger partial charge < -0.3 is 19.5 Å². The van der Waals surface area contributed by atoms with Crippen LogP contribution in [0.5, 0.6) is 0 Å². The highest BCUT2D eigenvalue weighted by molar-refractivity contribution is 5.90. The van der Waals surface area contributed by atoms with Gasteiger partial charge >= 0.3 is 18.0 Å². The zero-order valence-electron chi connectivity index (χ0n) is 17.0. The molecule has 162 valence electrons. The van der Waals surface area contributed by atoms with Crippen molar-refractivity contribution in [2.24, 2.45) is 0 Å². The van der Waals surface area contributed by atoms with Crippen LogP contribution in [-0.4, -0.2) is 61.7 Å². The van der Waals surface area contributed by atoms with Crippen LogP contribution in [0.4, 0.5) is 4.79 Å². The molecule has 9 heteroatoms. The Morgan fingerprint density at radius 3 is 2.57 bits per heavy atom. The van der Waals surface area contributed by atoms with Crippen LogP contribution in [-0.2, 0) is 35.2 Å². The minimum atomic E-state index is -0.994. The van der Waals surface area contributed by atoms with E-state index in [0.717, 1.165) is 11.6 Å². The summed E-state index contributed by atoms with van der Waals surface area (Å²) in [6, 6.07) is 7.49. The van der Waals surface area contributed by atoms with Gasteiger partial charge in [-0.3, -0.25) is 9.69 Å². The SMILES string of the molecule is COC(=O)/C=C/C[C@H](NC(=O)[C@H]1CCCN1C(=O)OCc1ccccc1)C(=O)OC. The van der Waals surface area contributed by atoms with Crippen molar-refractivity contribution in [3.8, 4) is 0 Å². The predicted octanol–water partition coefficient (Wildman–Crippen LogP) is 1.56. The minimum absolute atomic E-state index is 0.0404.